The molecule has 16 heavy (non-hydrogen) atoms. The molecule has 1 heterocycles. The highest BCUT2D eigenvalue weighted by Crippen LogP contribution is 2.22. The van der Waals surface area contributed by atoms with Gasteiger partial charge >= 0.3 is 0 Å². The Hall–Kier alpha value is -0.930. The van der Waals surface area contributed by atoms with Crippen molar-refractivity contribution >= 4 is 0 Å². The summed E-state index contributed by atoms with van der Waals surface area (Å²) in [5.41, 5.74) is 7.57. The number of hydrogen-bond acceptors (Lipinski definition) is 3. The van der Waals surface area contributed by atoms with Gasteiger partial charge in [-0.3, -0.25) is 4.98 Å². The van der Waals surface area contributed by atoms with E-state index in [-0.39, 0.29) is 11.6 Å². The first-order valence-corrected chi connectivity index (χ1v) is 5.82. The molecule has 0 aliphatic rings. The van der Waals surface area contributed by atoms with Crippen molar-refractivity contribution in [3.8, 4) is 0 Å². The largest absolute Gasteiger partial charge is 0.326 e. The Morgan fingerprint density at radius 2 is 2.19 bits per heavy atom. The summed E-state index contributed by atoms with van der Waals surface area (Å²) in [6.07, 6.45) is 5.60. The summed E-state index contributed by atoms with van der Waals surface area (Å²) in [6.45, 7) is 4.40. The Morgan fingerprint density at radius 1 is 1.50 bits per heavy atom. The van der Waals surface area contributed by atoms with Crippen LogP contribution in [-0.2, 0) is 6.42 Å². The second-order valence-corrected chi connectivity index (χ2v) is 4.78. The predicted octanol–water partition coefficient (Wildman–Crippen LogP) is 1.68. The van der Waals surface area contributed by atoms with Gasteiger partial charge in [-0.05, 0) is 45.5 Å². The molecule has 0 fully saturated rings. The normalized spacial score (nSPS) is 17.1. The predicted molar refractivity (Wildman–Crippen MR) is 68.3 cm³/mol. The quantitative estimate of drug-likeness (QED) is 0.822. The molecule has 3 heteroatoms. The minimum Gasteiger partial charge on any atom is -0.326 e. The van der Waals surface area contributed by atoms with Crippen LogP contribution in [0, 0.1) is 0 Å². The highest BCUT2D eigenvalue weighted by molar-refractivity contribution is 5.12. The molecule has 0 spiro atoms. The Labute approximate surface area is 98.7 Å². The molecule has 1 rings (SSSR count). The molecule has 0 saturated heterocycles. The number of nitrogens with zero attached hydrogens (tertiary/aromatic N) is 2. The molecule has 0 aromatic carbocycles. The van der Waals surface area contributed by atoms with Crippen LogP contribution in [0.1, 0.15) is 25.8 Å². The fourth-order valence-corrected chi connectivity index (χ4v) is 1.90. The summed E-state index contributed by atoms with van der Waals surface area (Å²) in [5, 5.41) is 0. The highest BCUT2D eigenvalue weighted by atomic mass is 15.2. The van der Waals surface area contributed by atoms with Crippen molar-refractivity contribution in [1.82, 2.24) is 9.88 Å². The van der Waals surface area contributed by atoms with Crippen LogP contribution in [0.25, 0.3) is 0 Å². The molecule has 2 unspecified atom stereocenters. The summed E-state index contributed by atoms with van der Waals surface area (Å²) in [4.78, 5) is 6.34. The van der Waals surface area contributed by atoms with Gasteiger partial charge in [0, 0.05) is 24.0 Å². The van der Waals surface area contributed by atoms with Gasteiger partial charge in [-0.2, -0.15) is 0 Å². The van der Waals surface area contributed by atoms with E-state index in [4.69, 9.17) is 5.73 Å². The number of pyridine rings is 1. The summed E-state index contributed by atoms with van der Waals surface area (Å²) in [5.74, 6) is 0. The zero-order chi connectivity index (χ0) is 12.2. The van der Waals surface area contributed by atoms with Crippen LogP contribution in [-0.4, -0.2) is 35.6 Å². The van der Waals surface area contributed by atoms with E-state index in [2.05, 4.69) is 43.9 Å². The summed E-state index contributed by atoms with van der Waals surface area (Å²) < 4.78 is 0. The fourth-order valence-electron chi connectivity index (χ4n) is 1.90. The lowest BCUT2D eigenvalue weighted by molar-refractivity contribution is 0.131. The zero-order valence-electron chi connectivity index (χ0n) is 10.8. The van der Waals surface area contributed by atoms with Crippen LogP contribution in [0.5, 0.6) is 0 Å². The second kappa shape index (κ2) is 5.41. The van der Waals surface area contributed by atoms with Gasteiger partial charge in [0.05, 0.1) is 0 Å². The monoisotopic (exact) mass is 221 g/mol. The van der Waals surface area contributed by atoms with E-state index < -0.39 is 0 Å². The molecule has 0 saturated carbocycles. The van der Waals surface area contributed by atoms with E-state index in [1.165, 1.54) is 5.56 Å². The van der Waals surface area contributed by atoms with E-state index in [0.717, 1.165) is 12.8 Å². The Kier molecular flexibility index (Phi) is 4.44. The molecule has 1 aromatic heterocycles. The van der Waals surface area contributed by atoms with Gasteiger partial charge < -0.3 is 10.6 Å². The van der Waals surface area contributed by atoms with Crippen molar-refractivity contribution in [2.45, 2.75) is 38.3 Å². The van der Waals surface area contributed by atoms with Crippen LogP contribution in [0.2, 0.25) is 0 Å². The average molecular weight is 221 g/mol. The van der Waals surface area contributed by atoms with Crippen molar-refractivity contribution < 1.29 is 0 Å². The van der Waals surface area contributed by atoms with Gasteiger partial charge in [0.1, 0.15) is 0 Å². The van der Waals surface area contributed by atoms with E-state index in [9.17, 15) is 0 Å². The summed E-state index contributed by atoms with van der Waals surface area (Å²) in [7, 11) is 4.18. The van der Waals surface area contributed by atoms with Crippen LogP contribution in [0.3, 0.4) is 0 Å². The molecular formula is C13H23N3. The smallest absolute Gasteiger partial charge is 0.0326 e. The summed E-state index contributed by atoms with van der Waals surface area (Å²) in [6, 6.07) is 4.16. The second-order valence-electron chi connectivity index (χ2n) is 4.78. The van der Waals surface area contributed by atoms with Gasteiger partial charge in [0.25, 0.3) is 0 Å². The first-order chi connectivity index (χ1) is 7.50. The number of likely N-dealkylation sites (N-methyl/N-ethyl adjacent to an activating group) is 1. The first-order valence-electron chi connectivity index (χ1n) is 5.82. The van der Waals surface area contributed by atoms with Gasteiger partial charge in [-0.15, -0.1) is 0 Å². The third-order valence-electron chi connectivity index (χ3n) is 3.71. The van der Waals surface area contributed by atoms with E-state index >= 15 is 0 Å². The maximum atomic E-state index is 6.33. The summed E-state index contributed by atoms with van der Waals surface area (Å²) >= 11 is 0. The molecule has 0 amide bonds. The molecular weight excluding hydrogens is 198 g/mol. The zero-order valence-corrected chi connectivity index (χ0v) is 10.8. The lowest BCUT2D eigenvalue weighted by Crippen LogP contribution is -2.55. The molecule has 1 aromatic rings. The fraction of sp³-hybridized carbons (Fsp3) is 0.615. The average Bonchev–Trinajstić information content (AvgIpc) is 2.28. The topological polar surface area (TPSA) is 42.1 Å². The number of nitrogens with two attached hydrogens (primary N) is 1. The van der Waals surface area contributed by atoms with Crippen molar-refractivity contribution in [2.75, 3.05) is 14.1 Å². The minimum absolute atomic E-state index is 0.0375. The molecule has 90 valence electrons. The molecule has 3 nitrogen and oxygen atoms in total. The minimum atomic E-state index is 0.0375. The molecule has 0 bridgehead atoms. The van der Waals surface area contributed by atoms with Crippen molar-refractivity contribution in [3.05, 3.63) is 30.1 Å². The SMILES string of the molecule is CCC(C)(C(N)Cc1cccnc1)N(C)C. The van der Waals surface area contributed by atoms with Crippen LogP contribution in [0.4, 0.5) is 0 Å². The molecule has 0 aliphatic carbocycles. The standard InChI is InChI=1S/C13H23N3/c1-5-13(2,16(3)4)12(14)9-11-7-6-8-15-10-11/h6-8,10,12H,5,9,14H2,1-4H3. The Balaban J connectivity index is 2.74. The van der Waals surface area contributed by atoms with Crippen molar-refractivity contribution in [1.29, 1.82) is 0 Å². The van der Waals surface area contributed by atoms with E-state index in [1.807, 2.05) is 12.3 Å². The van der Waals surface area contributed by atoms with Crippen LogP contribution in [0.15, 0.2) is 24.5 Å². The Morgan fingerprint density at radius 3 is 2.62 bits per heavy atom. The first kappa shape index (κ1) is 13.1. The van der Waals surface area contributed by atoms with Crippen LogP contribution < -0.4 is 5.73 Å². The molecule has 0 aliphatic heterocycles. The number of hydrogen-bond donors (Lipinski definition) is 1. The van der Waals surface area contributed by atoms with Crippen LogP contribution >= 0.6 is 0 Å². The molecule has 2 N–H and O–H groups in total. The number of rotatable bonds is 5. The third kappa shape index (κ3) is 2.80. The lowest BCUT2D eigenvalue weighted by atomic mass is 9.85. The van der Waals surface area contributed by atoms with Gasteiger partial charge in [-0.25, -0.2) is 0 Å². The lowest BCUT2D eigenvalue weighted by Gasteiger charge is -2.41. The third-order valence-corrected chi connectivity index (χ3v) is 3.71. The molecule has 0 radical (unpaired) electrons. The van der Waals surface area contributed by atoms with Crippen molar-refractivity contribution in [2.24, 2.45) is 5.73 Å². The van der Waals surface area contributed by atoms with Crippen molar-refractivity contribution in [3.63, 3.8) is 0 Å². The van der Waals surface area contributed by atoms with Gasteiger partial charge in [0.2, 0.25) is 0 Å². The number of aromatic nitrogens is 1. The molecule has 2 atom stereocenters. The maximum Gasteiger partial charge on any atom is 0.0326 e. The highest BCUT2D eigenvalue weighted by Gasteiger charge is 2.31. The van der Waals surface area contributed by atoms with E-state index in [0.29, 0.717) is 0 Å². The van der Waals surface area contributed by atoms with Gasteiger partial charge in [0.15, 0.2) is 0 Å². The maximum absolute atomic E-state index is 6.33. The van der Waals surface area contributed by atoms with E-state index in [1.54, 1.807) is 6.20 Å². The Bertz CT molecular complexity index is 310. The van der Waals surface area contributed by atoms with Gasteiger partial charge in [-0.1, -0.05) is 13.0 Å².